The van der Waals surface area contributed by atoms with E-state index < -0.39 is 0 Å². The molecule has 2 fully saturated rings. The zero-order valence-corrected chi connectivity index (χ0v) is 15.5. The first-order valence-electron chi connectivity index (χ1n) is 9.31. The van der Waals surface area contributed by atoms with Crippen LogP contribution in [0.15, 0.2) is 30.5 Å². The summed E-state index contributed by atoms with van der Waals surface area (Å²) in [4.78, 5) is 12.4. The van der Waals surface area contributed by atoms with Crippen molar-refractivity contribution in [2.45, 2.75) is 38.5 Å². The van der Waals surface area contributed by atoms with Crippen molar-refractivity contribution >= 4 is 5.91 Å². The Bertz CT molecular complexity index is 857. The van der Waals surface area contributed by atoms with Crippen molar-refractivity contribution in [3.63, 3.8) is 0 Å². The van der Waals surface area contributed by atoms with Crippen LogP contribution in [-0.2, 0) is 11.3 Å². The van der Waals surface area contributed by atoms with E-state index in [1.165, 1.54) is 0 Å². The maximum absolute atomic E-state index is 12.4. The van der Waals surface area contributed by atoms with E-state index in [0.717, 1.165) is 18.5 Å². The highest BCUT2D eigenvalue weighted by Gasteiger charge is 2.58. The second-order valence-electron chi connectivity index (χ2n) is 7.60. The molecule has 2 aliphatic rings. The molecule has 3 unspecified atom stereocenters. The van der Waals surface area contributed by atoms with Gasteiger partial charge in [-0.15, -0.1) is 5.10 Å². The zero-order chi connectivity index (χ0) is 19.0. The van der Waals surface area contributed by atoms with Crippen LogP contribution in [0.5, 0.6) is 0 Å². The van der Waals surface area contributed by atoms with Crippen molar-refractivity contribution in [1.82, 2.24) is 20.3 Å². The molecule has 0 aliphatic heterocycles. The summed E-state index contributed by atoms with van der Waals surface area (Å²) >= 11 is 0. The number of nitriles is 1. The Morgan fingerprint density at radius 2 is 2.07 bits per heavy atom. The Balaban J connectivity index is 1.30. The summed E-state index contributed by atoms with van der Waals surface area (Å²) in [5.74, 6) is 1.74. The Labute approximate surface area is 158 Å². The molecule has 2 aromatic rings. The normalized spacial score (nSPS) is 26.9. The molecule has 0 saturated heterocycles. The topological polar surface area (TPSA) is 92.8 Å². The minimum Gasteiger partial charge on any atom is -0.378 e. The average molecular weight is 365 g/mol. The number of hydrogen-bond acceptors (Lipinski definition) is 5. The molecule has 2 saturated carbocycles. The van der Waals surface area contributed by atoms with Gasteiger partial charge in [0.1, 0.15) is 5.69 Å². The van der Waals surface area contributed by atoms with E-state index >= 15 is 0 Å². The van der Waals surface area contributed by atoms with Gasteiger partial charge in [-0.05, 0) is 61.8 Å². The molecule has 1 heterocycles. The third-order valence-corrected chi connectivity index (χ3v) is 5.92. The molecular weight excluding hydrogens is 342 g/mol. The van der Waals surface area contributed by atoms with Gasteiger partial charge in [0.2, 0.25) is 0 Å². The van der Waals surface area contributed by atoms with Gasteiger partial charge in [0.05, 0.1) is 30.5 Å². The van der Waals surface area contributed by atoms with Crippen LogP contribution in [0.3, 0.4) is 0 Å². The molecule has 0 bridgehead atoms. The number of aromatic nitrogens is 3. The molecule has 1 amide bonds. The largest absolute Gasteiger partial charge is 0.378 e. The van der Waals surface area contributed by atoms with Gasteiger partial charge >= 0.3 is 0 Å². The van der Waals surface area contributed by atoms with Crippen LogP contribution in [0.1, 0.15) is 47.4 Å². The number of hydrogen-bond donors (Lipinski definition) is 1. The Hall–Kier alpha value is -2.72. The van der Waals surface area contributed by atoms with E-state index in [4.69, 9.17) is 10.00 Å². The number of nitrogens with zero attached hydrogens (tertiary/aromatic N) is 4. The summed E-state index contributed by atoms with van der Waals surface area (Å²) in [6.07, 6.45) is 4.15. The molecule has 7 nitrogen and oxygen atoms in total. The molecule has 7 heteroatoms. The number of carbonyl (C=O) groups excluding carboxylic acids is 1. The summed E-state index contributed by atoms with van der Waals surface area (Å²) in [7, 11) is 1.65. The van der Waals surface area contributed by atoms with E-state index in [-0.39, 0.29) is 11.9 Å². The van der Waals surface area contributed by atoms with Crippen LogP contribution in [0.2, 0.25) is 0 Å². The van der Waals surface area contributed by atoms with Gasteiger partial charge in [-0.3, -0.25) is 4.79 Å². The molecule has 4 rings (SSSR count). The quantitative estimate of drug-likeness (QED) is 0.848. The third-order valence-electron chi connectivity index (χ3n) is 5.92. The number of amides is 1. The fourth-order valence-electron chi connectivity index (χ4n) is 4.61. The van der Waals surface area contributed by atoms with Gasteiger partial charge in [0, 0.05) is 18.7 Å². The van der Waals surface area contributed by atoms with Crippen LogP contribution in [-0.4, -0.2) is 34.1 Å². The summed E-state index contributed by atoms with van der Waals surface area (Å²) in [5.41, 5.74) is 2.01. The Morgan fingerprint density at radius 1 is 1.37 bits per heavy atom. The average Bonchev–Trinajstić information content (AvgIpc) is 3.02. The van der Waals surface area contributed by atoms with Gasteiger partial charge in [-0.1, -0.05) is 5.21 Å². The number of nitrogens with one attached hydrogen (secondary N) is 1. The zero-order valence-electron chi connectivity index (χ0n) is 15.5. The highest BCUT2D eigenvalue weighted by atomic mass is 16.5. The first-order valence-corrected chi connectivity index (χ1v) is 9.31. The summed E-state index contributed by atoms with van der Waals surface area (Å²) in [6.45, 7) is 2.58. The van der Waals surface area contributed by atoms with E-state index in [1.54, 1.807) is 31.4 Å². The predicted octanol–water partition coefficient (Wildman–Crippen LogP) is 2.31. The number of fused-ring (bicyclic) bond motifs is 1. The lowest BCUT2D eigenvalue weighted by atomic mass is 10.0. The molecule has 0 radical (unpaired) electrons. The minimum atomic E-state index is -0.0750. The highest BCUT2D eigenvalue weighted by molar-refractivity contribution is 5.94. The van der Waals surface area contributed by atoms with Gasteiger partial charge < -0.3 is 10.1 Å². The minimum absolute atomic E-state index is 0.0750. The number of carbonyl (C=O) groups is 1. The molecule has 5 atom stereocenters. The monoisotopic (exact) mass is 365 g/mol. The van der Waals surface area contributed by atoms with E-state index in [9.17, 15) is 4.79 Å². The molecular formula is C20H23N5O2. The van der Waals surface area contributed by atoms with E-state index in [0.29, 0.717) is 41.5 Å². The second kappa shape index (κ2) is 7.12. The summed E-state index contributed by atoms with van der Waals surface area (Å²) < 4.78 is 7.07. The van der Waals surface area contributed by atoms with Crippen molar-refractivity contribution in [2.24, 2.45) is 17.8 Å². The van der Waals surface area contributed by atoms with Crippen LogP contribution < -0.4 is 5.32 Å². The molecule has 140 valence electrons. The lowest BCUT2D eigenvalue weighted by Gasteiger charge is -2.19. The summed E-state index contributed by atoms with van der Waals surface area (Å²) in [5, 5.41) is 20.4. The molecule has 0 spiro atoms. The molecule has 1 aromatic carbocycles. The lowest BCUT2D eigenvalue weighted by molar-refractivity contribution is 0.0932. The van der Waals surface area contributed by atoms with Crippen molar-refractivity contribution < 1.29 is 9.53 Å². The maximum atomic E-state index is 12.4. The maximum Gasteiger partial charge on any atom is 0.251 e. The van der Waals surface area contributed by atoms with Gasteiger partial charge in [-0.2, -0.15) is 5.26 Å². The molecule has 1 N–H and O–H groups in total. The Morgan fingerprint density at radius 3 is 2.70 bits per heavy atom. The number of benzene rings is 1. The lowest BCUT2D eigenvalue weighted by Crippen LogP contribution is -2.35. The number of rotatable bonds is 6. The fourth-order valence-corrected chi connectivity index (χ4v) is 4.61. The standard InChI is InChI=1S/C20H23N5O2/c1-12(22-20(26)14-5-3-13(9-21)4-6-14)19-17-7-16(8-18(17)19)25-10-15(11-27-2)23-24-25/h3-6,10,12,16-19H,7-8,11H2,1-2H3,(H,22,26)/t12?,16?,17-,18+,19?. The van der Waals surface area contributed by atoms with Crippen molar-refractivity contribution in [2.75, 3.05) is 7.11 Å². The fraction of sp³-hybridized carbons (Fsp3) is 0.500. The van der Waals surface area contributed by atoms with Crippen molar-refractivity contribution in [1.29, 1.82) is 5.26 Å². The smallest absolute Gasteiger partial charge is 0.251 e. The predicted molar refractivity (Wildman–Crippen MR) is 97.6 cm³/mol. The molecule has 27 heavy (non-hydrogen) atoms. The second-order valence-corrected chi connectivity index (χ2v) is 7.60. The van der Waals surface area contributed by atoms with Crippen molar-refractivity contribution in [3.05, 3.63) is 47.3 Å². The van der Waals surface area contributed by atoms with Crippen molar-refractivity contribution in [3.8, 4) is 6.07 Å². The van der Waals surface area contributed by atoms with Crippen LogP contribution in [0.25, 0.3) is 0 Å². The highest BCUT2D eigenvalue weighted by Crippen LogP contribution is 2.62. The van der Waals surface area contributed by atoms with Crippen LogP contribution in [0, 0.1) is 29.1 Å². The van der Waals surface area contributed by atoms with E-state index in [1.807, 2.05) is 10.9 Å². The van der Waals surface area contributed by atoms with Gasteiger partial charge in [-0.25, -0.2) is 4.68 Å². The number of methoxy groups -OCH3 is 1. The van der Waals surface area contributed by atoms with Crippen LogP contribution in [0.4, 0.5) is 0 Å². The summed E-state index contributed by atoms with van der Waals surface area (Å²) in [6, 6.07) is 9.35. The van der Waals surface area contributed by atoms with E-state index in [2.05, 4.69) is 28.6 Å². The SMILES string of the molecule is COCc1cn(C2C[C@@H]3C(C(C)NC(=O)c4ccc(C#N)cc4)[C@@H]3C2)nn1. The van der Waals surface area contributed by atoms with Gasteiger partial charge in [0.25, 0.3) is 5.91 Å². The molecule has 2 aliphatic carbocycles. The third kappa shape index (κ3) is 3.45. The first kappa shape index (κ1) is 17.7. The van der Waals surface area contributed by atoms with Crippen LogP contribution >= 0.6 is 0 Å². The van der Waals surface area contributed by atoms with Gasteiger partial charge in [0.15, 0.2) is 0 Å². The Kier molecular flexibility index (Phi) is 4.66. The molecule has 1 aromatic heterocycles. The first-order chi connectivity index (χ1) is 13.1. The number of ether oxygens (including phenoxy) is 1.